The van der Waals surface area contributed by atoms with Crippen LogP contribution >= 0.6 is 11.6 Å². The topological polar surface area (TPSA) is 64.1 Å². The van der Waals surface area contributed by atoms with Crippen LogP contribution in [0.1, 0.15) is 18.5 Å². The predicted octanol–water partition coefficient (Wildman–Crippen LogP) is 1.20. The maximum atomic E-state index is 11.6. The number of fused-ring (bicyclic) bond motifs is 1. The van der Waals surface area contributed by atoms with Crippen LogP contribution in [0.2, 0.25) is 5.15 Å². The molecule has 2 heterocycles. The van der Waals surface area contributed by atoms with Gasteiger partial charge in [0, 0.05) is 6.54 Å². The molecule has 15 heavy (non-hydrogen) atoms. The number of aromatic nitrogens is 2. The molecule has 1 unspecified atom stereocenters. The number of ether oxygens (including phenoxy) is 1. The molecule has 0 bridgehead atoms. The molecule has 5 nitrogen and oxygen atoms in total. The third kappa shape index (κ3) is 1.74. The van der Waals surface area contributed by atoms with Crippen LogP contribution in [0.3, 0.4) is 0 Å². The van der Waals surface area contributed by atoms with Crippen molar-refractivity contribution in [2.45, 2.75) is 12.8 Å². The average molecular weight is 228 g/mol. The molecular weight excluding hydrogens is 218 g/mol. The zero-order valence-corrected chi connectivity index (χ0v) is 8.91. The van der Waals surface area contributed by atoms with E-state index in [-0.39, 0.29) is 11.9 Å². The molecule has 0 saturated heterocycles. The molecule has 0 spiro atoms. The summed E-state index contributed by atoms with van der Waals surface area (Å²) < 4.78 is 4.94. The summed E-state index contributed by atoms with van der Waals surface area (Å²) in [4.78, 5) is 19.4. The Morgan fingerprint density at radius 2 is 2.53 bits per heavy atom. The number of carbonyl (C=O) groups is 1. The number of halogens is 1. The van der Waals surface area contributed by atoms with Crippen molar-refractivity contribution in [1.29, 1.82) is 0 Å². The van der Waals surface area contributed by atoms with Gasteiger partial charge in [-0.25, -0.2) is 9.97 Å². The van der Waals surface area contributed by atoms with E-state index in [9.17, 15) is 4.79 Å². The van der Waals surface area contributed by atoms with Gasteiger partial charge in [-0.05, 0) is 6.92 Å². The van der Waals surface area contributed by atoms with Gasteiger partial charge >= 0.3 is 5.97 Å². The van der Waals surface area contributed by atoms with Gasteiger partial charge in [0.25, 0.3) is 0 Å². The molecule has 1 aromatic heterocycles. The number of carbonyl (C=O) groups excluding carboxylic acids is 1. The molecule has 1 N–H and O–H groups in total. The summed E-state index contributed by atoms with van der Waals surface area (Å²) in [6.07, 6.45) is 1.35. The minimum atomic E-state index is -0.375. The number of esters is 1. The summed E-state index contributed by atoms with van der Waals surface area (Å²) >= 11 is 5.85. The highest BCUT2D eigenvalue weighted by atomic mass is 35.5. The van der Waals surface area contributed by atoms with Crippen LogP contribution in [0.5, 0.6) is 0 Å². The van der Waals surface area contributed by atoms with E-state index in [1.807, 2.05) is 0 Å². The van der Waals surface area contributed by atoms with Crippen LogP contribution < -0.4 is 5.32 Å². The van der Waals surface area contributed by atoms with E-state index in [1.165, 1.54) is 6.33 Å². The molecule has 0 aromatic carbocycles. The normalized spacial score (nSPS) is 18.1. The Morgan fingerprint density at radius 1 is 1.73 bits per heavy atom. The molecule has 2 rings (SSSR count). The van der Waals surface area contributed by atoms with Gasteiger partial charge in [-0.2, -0.15) is 0 Å². The fourth-order valence-corrected chi connectivity index (χ4v) is 1.75. The lowest BCUT2D eigenvalue weighted by Crippen LogP contribution is -2.18. The summed E-state index contributed by atoms with van der Waals surface area (Å²) in [6.45, 7) is 2.60. The van der Waals surface area contributed by atoms with Crippen molar-refractivity contribution in [2.24, 2.45) is 0 Å². The van der Waals surface area contributed by atoms with Crippen LogP contribution in [-0.2, 0) is 9.53 Å². The van der Waals surface area contributed by atoms with Crippen molar-refractivity contribution < 1.29 is 9.53 Å². The van der Waals surface area contributed by atoms with Crippen molar-refractivity contribution in [3.8, 4) is 0 Å². The smallest absolute Gasteiger partial charge is 0.316 e. The summed E-state index contributed by atoms with van der Waals surface area (Å²) in [6, 6.07) is 0. The molecule has 1 atom stereocenters. The molecule has 0 saturated carbocycles. The summed E-state index contributed by atoms with van der Waals surface area (Å²) in [5.74, 6) is -0.654. The van der Waals surface area contributed by atoms with Gasteiger partial charge in [0.1, 0.15) is 12.2 Å². The Bertz CT molecular complexity index is 397. The van der Waals surface area contributed by atoms with E-state index < -0.39 is 0 Å². The van der Waals surface area contributed by atoms with Gasteiger partial charge in [-0.3, -0.25) is 4.79 Å². The van der Waals surface area contributed by atoms with Crippen molar-refractivity contribution in [3.63, 3.8) is 0 Å². The summed E-state index contributed by atoms with van der Waals surface area (Å²) in [5, 5.41) is 3.34. The van der Waals surface area contributed by atoms with Gasteiger partial charge in [-0.1, -0.05) is 11.6 Å². The summed E-state index contributed by atoms with van der Waals surface area (Å²) in [7, 11) is 0. The first kappa shape index (κ1) is 10.2. The Kier molecular flexibility index (Phi) is 2.73. The molecule has 0 amide bonds. The largest absolute Gasteiger partial charge is 0.465 e. The highest BCUT2D eigenvalue weighted by Gasteiger charge is 2.32. The molecular formula is C9H10ClN3O2. The Morgan fingerprint density at radius 3 is 3.27 bits per heavy atom. The standard InChI is InChI=1S/C9H10ClN3O2/c1-2-15-9(14)5-3-11-7-6(5)12-4-13-8(7)10/h4-5,11H,2-3H2,1H3. The monoisotopic (exact) mass is 227 g/mol. The zero-order chi connectivity index (χ0) is 10.8. The lowest BCUT2D eigenvalue weighted by molar-refractivity contribution is -0.144. The van der Waals surface area contributed by atoms with E-state index in [2.05, 4.69) is 15.3 Å². The number of hydrogen-bond donors (Lipinski definition) is 1. The molecule has 6 heteroatoms. The zero-order valence-electron chi connectivity index (χ0n) is 8.16. The quantitative estimate of drug-likeness (QED) is 0.608. The highest BCUT2D eigenvalue weighted by Crippen LogP contribution is 2.34. The average Bonchev–Trinajstić information content (AvgIpc) is 2.63. The minimum absolute atomic E-state index is 0.279. The minimum Gasteiger partial charge on any atom is -0.465 e. The fraction of sp³-hybridized carbons (Fsp3) is 0.444. The van der Waals surface area contributed by atoms with E-state index in [0.717, 1.165) is 0 Å². The van der Waals surface area contributed by atoms with E-state index in [0.29, 0.717) is 29.7 Å². The second-order valence-corrected chi connectivity index (χ2v) is 3.47. The molecule has 0 fully saturated rings. The van der Waals surface area contributed by atoms with Crippen molar-refractivity contribution in [3.05, 3.63) is 17.2 Å². The lowest BCUT2D eigenvalue weighted by Gasteiger charge is -2.07. The maximum Gasteiger partial charge on any atom is 0.316 e. The van der Waals surface area contributed by atoms with Gasteiger partial charge in [-0.15, -0.1) is 0 Å². The Balaban J connectivity index is 2.29. The highest BCUT2D eigenvalue weighted by molar-refractivity contribution is 6.32. The third-order valence-electron chi connectivity index (χ3n) is 2.21. The Labute approximate surface area is 91.8 Å². The predicted molar refractivity (Wildman–Crippen MR) is 54.9 cm³/mol. The van der Waals surface area contributed by atoms with Gasteiger partial charge in [0.05, 0.1) is 18.0 Å². The molecule has 0 radical (unpaired) electrons. The van der Waals surface area contributed by atoms with Gasteiger partial charge in [0.15, 0.2) is 5.15 Å². The number of rotatable bonds is 2. The van der Waals surface area contributed by atoms with Crippen LogP contribution in [0.25, 0.3) is 0 Å². The number of hydrogen-bond acceptors (Lipinski definition) is 5. The SMILES string of the molecule is CCOC(=O)C1CNc2c(Cl)ncnc21. The Hall–Kier alpha value is -1.36. The lowest BCUT2D eigenvalue weighted by atomic mass is 10.1. The number of nitrogens with one attached hydrogen (secondary N) is 1. The molecule has 1 aliphatic heterocycles. The van der Waals surface area contributed by atoms with Gasteiger partial charge in [0.2, 0.25) is 0 Å². The van der Waals surface area contributed by atoms with Crippen LogP contribution in [0, 0.1) is 0 Å². The number of anilines is 1. The van der Waals surface area contributed by atoms with Crippen LogP contribution in [-0.4, -0.2) is 29.1 Å². The van der Waals surface area contributed by atoms with E-state index in [4.69, 9.17) is 16.3 Å². The second kappa shape index (κ2) is 4.02. The first-order valence-electron chi connectivity index (χ1n) is 4.65. The second-order valence-electron chi connectivity index (χ2n) is 3.11. The van der Waals surface area contributed by atoms with Crippen LogP contribution in [0.4, 0.5) is 5.69 Å². The molecule has 1 aliphatic rings. The van der Waals surface area contributed by atoms with Gasteiger partial charge < -0.3 is 10.1 Å². The van der Waals surface area contributed by atoms with Crippen molar-refractivity contribution in [2.75, 3.05) is 18.5 Å². The summed E-state index contributed by atoms with van der Waals surface area (Å²) in [5.41, 5.74) is 1.26. The van der Waals surface area contributed by atoms with Crippen LogP contribution in [0.15, 0.2) is 6.33 Å². The third-order valence-corrected chi connectivity index (χ3v) is 2.50. The molecule has 1 aromatic rings. The molecule has 80 valence electrons. The first-order valence-corrected chi connectivity index (χ1v) is 5.02. The maximum absolute atomic E-state index is 11.6. The van der Waals surface area contributed by atoms with E-state index >= 15 is 0 Å². The fourth-order valence-electron chi connectivity index (χ4n) is 1.54. The van der Waals surface area contributed by atoms with Crippen molar-refractivity contribution in [1.82, 2.24) is 9.97 Å². The van der Waals surface area contributed by atoms with Crippen molar-refractivity contribution >= 4 is 23.3 Å². The molecule has 0 aliphatic carbocycles. The first-order chi connectivity index (χ1) is 7.24. The number of nitrogens with zero attached hydrogens (tertiary/aromatic N) is 2. The van der Waals surface area contributed by atoms with E-state index in [1.54, 1.807) is 6.92 Å².